The maximum Gasteiger partial charge on any atom is 0.0931 e. The molecule has 1 heterocycles. The summed E-state index contributed by atoms with van der Waals surface area (Å²) in [6.07, 6.45) is 2.37. The van der Waals surface area contributed by atoms with Gasteiger partial charge in [-0.3, -0.25) is 4.90 Å². The first-order valence-electron chi connectivity index (χ1n) is 5.33. The van der Waals surface area contributed by atoms with E-state index in [0.717, 1.165) is 24.0 Å². The van der Waals surface area contributed by atoms with E-state index in [2.05, 4.69) is 17.9 Å². The summed E-state index contributed by atoms with van der Waals surface area (Å²) in [6.45, 7) is 5.10. The lowest BCUT2D eigenvalue weighted by Crippen LogP contribution is -2.27. The first kappa shape index (κ1) is 13.0. The summed E-state index contributed by atoms with van der Waals surface area (Å²) in [4.78, 5) is 3.54. The predicted molar refractivity (Wildman–Crippen MR) is 66.6 cm³/mol. The number of aliphatic hydroxyl groups excluding tert-OH is 1. The first-order valence-corrected chi connectivity index (χ1v) is 6.53. The van der Waals surface area contributed by atoms with Gasteiger partial charge in [-0.05, 0) is 25.1 Å². The Morgan fingerprint density at radius 2 is 2.20 bits per heavy atom. The van der Waals surface area contributed by atoms with Gasteiger partial charge >= 0.3 is 0 Å². The molecule has 0 amide bonds. The number of unbranched alkanes of at least 4 members (excludes halogenated alkanes) is 1. The van der Waals surface area contributed by atoms with Crippen LogP contribution in [0.5, 0.6) is 0 Å². The Labute approximate surface area is 100 Å². The van der Waals surface area contributed by atoms with Gasteiger partial charge in [-0.1, -0.05) is 24.9 Å². The average Bonchev–Trinajstić information content (AvgIpc) is 2.61. The van der Waals surface area contributed by atoms with Crippen molar-refractivity contribution < 1.29 is 5.11 Å². The minimum Gasteiger partial charge on any atom is -0.395 e. The molecule has 1 aromatic heterocycles. The molecule has 15 heavy (non-hydrogen) atoms. The van der Waals surface area contributed by atoms with Crippen molar-refractivity contribution in [1.82, 2.24) is 4.90 Å². The summed E-state index contributed by atoms with van der Waals surface area (Å²) in [5.74, 6) is 0. The van der Waals surface area contributed by atoms with Crippen LogP contribution < -0.4 is 0 Å². The van der Waals surface area contributed by atoms with Gasteiger partial charge in [0.05, 0.1) is 10.9 Å². The van der Waals surface area contributed by atoms with Gasteiger partial charge in [-0.25, -0.2) is 0 Å². The Bertz CT molecular complexity index is 277. The quantitative estimate of drug-likeness (QED) is 0.801. The summed E-state index contributed by atoms with van der Waals surface area (Å²) in [6, 6.07) is 3.99. The molecule has 0 atom stereocenters. The van der Waals surface area contributed by atoms with Gasteiger partial charge < -0.3 is 5.11 Å². The highest BCUT2D eigenvalue weighted by Gasteiger charge is 2.06. The highest BCUT2D eigenvalue weighted by atomic mass is 35.5. The second-order valence-electron chi connectivity index (χ2n) is 3.56. The number of hydrogen-bond acceptors (Lipinski definition) is 3. The molecule has 1 aromatic rings. The van der Waals surface area contributed by atoms with Crippen molar-refractivity contribution in [2.75, 3.05) is 19.7 Å². The number of thiophene rings is 1. The third kappa shape index (κ3) is 4.98. The zero-order valence-corrected chi connectivity index (χ0v) is 10.7. The van der Waals surface area contributed by atoms with E-state index in [9.17, 15) is 0 Å². The van der Waals surface area contributed by atoms with Crippen LogP contribution in [0.25, 0.3) is 0 Å². The molecule has 0 aliphatic rings. The van der Waals surface area contributed by atoms with Crippen LogP contribution in [0.4, 0.5) is 0 Å². The Morgan fingerprint density at radius 3 is 2.73 bits per heavy atom. The highest BCUT2D eigenvalue weighted by molar-refractivity contribution is 7.16. The number of nitrogens with zero attached hydrogens (tertiary/aromatic N) is 1. The summed E-state index contributed by atoms with van der Waals surface area (Å²) in [7, 11) is 0. The standard InChI is InChI=1S/C11H18ClNOS/c1-2-3-6-13(7-8-14)9-10-4-5-11(12)15-10/h4-5,14H,2-3,6-9H2,1H3. The SMILES string of the molecule is CCCCN(CCO)Cc1ccc(Cl)s1. The van der Waals surface area contributed by atoms with Gasteiger partial charge in [0.15, 0.2) is 0 Å². The molecule has 0 aliphatic heterocycles. The molecular weight excluding hydrogens is 230 g/mol. The Kier molecular flexibility index (Phi) is 6.25. The molecule has 0 fully saturated rings. The summed E-state index contributed by atoms with van der Waals surface area (Å²) >= 11 is 7.49. The van der Waals surface area contributed by atoms with Crippen LogP contribution in [0.3, 0.4) is 0 Å². The molecule has 4 heteroatoms. The van der Waals surface area contributed by atoms with Crippen LogP contribution in [0.2, 0.25) is 4.34 Å². The summed E-state index contributed by atoms with van der Waals surface area (Å²) in [5.41, 5.74) is 0. The number of rotatable bonds is 7. The van der Waals surface area contributed by atoms with Crippen molar-refractivity contribution in [3.05, 3.63) is 21.3 Å². The van der Waals surface area contributed by atoms with Crippen LogP contribution in [-0.2, 0) is 6.54 Å². The Balaban J connectivity index is 2.42. The molecule has 0 saturated heterocycles. The smallest absolute Gasteiger partial charge is 0.0931 e. The lowest BCUT2D eigenvalue weighted by Gasteiger charge is -2.19. The Hall–Kier alpha value is -0.0900. The van der Waals surface area contributed by atoms with Crippen molar-refractivity contribution >= 4 is 22.9 Å². The lowest BCUT2D eigenvalue weighted by atomic mass is 10.3. The fourth-order valence-corrected chi connectivity index (χ4v) is 2.58. The largest absolute Gasteiger partial charge is 0.395 e. The third-order valence-electron chi connectivity index (χ3n) is 2.25. The summed E-state index contributed by atoms with van der Waals surface area (Å²) < 4.78 is 0.837. The normalized spacial score (nSPS) is 11.2. The molecule has 2 nitrogen and oxygen atoms in total. The van der Waals surface area contributed by atoms with Gasteiger partial charge in [0.2, 0.25) is 0 Å². The second kappa shape index (κ2) is 7.23. The maximum absolute atomic E-state index is 8.95. The van der Waals surface area contributed by atoms with Crippen LogP contribution in [-0.4, -0.2) is 29.7 Å². The third-order valence-corrected chi connectivity index (χ3v) is 3.47. The zero-order valence-electron chi connectivity index (χ0n) is 9.08. The topological polar surface area (TPSA) is 23.5 Å². The number of halogens is 1. The molecule has 0 bridgehead atoms. The van der Waals surface area contributed by atoms with E-state index in [1.165, 1.54) is 17.7 Å². The van der Waals surface area contributed by atoms with E-state index >= 15 is 0 Å². The maximum atomic E-state index is 8.95. The monoisotopic (exact) mass is 247 g/mol. The summed E-state index contributed by atoms with van der Waals surface area (Å²) in [5, 5.41) is 8.95. The van der Waals surface area contributed by atoms with Crippen LogP contribution in [0.15, 0.2) is 12.1 Å². The van der Waals surface area contributed by atoms with E-state index in [-0.39, 0.29) is 6.61 Å². The van der Waals surface area contributed by atoms with Crippen molar-refractivity contribution in [2.45, 2.75) is 26.3 Å². The molecule has 86 valence electrons. The van der Waals surface area contributed by atoms with E-state index < -0.39 is 0 Å². The first-order chi connectivity index (χ1) is 7.26. The molecule has 1 N–H and O–H groups in total. The van der Waals surface area contributed by atoms with Crippen molar-refractivity contribution in [1.29, 1.82) is 0 Å². The highest BCUT2D eigenvalue weighted by Crippen LogP contribution is 2.22. The molecule has 1 rings (SSSR count). The zero-order chi connectivity index (χ0) is 11.1. The number of hydrogen-bond donors (Lipinski definition) is 1. The fourth-order valence-electron chi connectivity index (χ4n) is 1.45. The van der Waals surface area contributed by atoms with Gasteiger partial charge in [0, 0.05) is 18.0 Å². The van der Waals surface area contributed by atoms with Gasteiger partial charge in [-0.15, -0.1) is 11.3 Å². The van der Waals surface area contributed by atoms with Crippen LogP contribution >= 0.6 is 22.9 Å². The minimum atomic E-state index is 0.225. The van der Waals surface area contributed by atoms with E-state index in [0.29, 0.717) is 0 Å². The number of aliphatic hydroxyl groups is 1. The van der Waals surface area contributed by atoms with E-state index in [1.54, 1.807) is 11.3 Å². The Morgan fingerprint density at radius 1 is 1.40 bits per heavy atom. The van der Waals surface area contributed by atoms with Crippen LogP contribution in [0, 0.1) is 0 Å². The predicted octanol–water partition coefficient (Wildman–Crippen LogP) is 3.00. The lowest BCUT2D eigenvalue weighted by molar-refractivity contribution is 0.189. The molecule has 0 saturated carbocycles. The van der Waals surface area contributed by atoms with E-state index in [4.69, 9.17) is 16.7 Å². The average molecular weight is 248 g/mol. The van der Waals surface area contributed by atoms with E-state index in [1.807, 2.05) is 6.07 Å². The molecule has 0 unspecified atom stereocenters. The molecule has 0 spiro atoms. The second-order valence-corrected chi connectivity index (χ2v) is 5.36. The fraction of sp³-hybridized carbons (Fsp3) is 0.636. The molecule has 0 aliphatic carbocycles. The van der Waals surface area contributed by atoms with Crippen molar-refractivity contribution in [3.8, 4) is 0 Å². The molecule has 0 radical (unpaired) electrons. The van der Waals surface area contributed by atoms with Gasteiger partial charge in [0.25, 0.3) is 0 Å². The van der Waals surface area contributed by atoms with Gasteiger partial charge in [0.1, 0.15) is 0 Å². The molecule has 0 aromatic carbocycles. The minimum absolute atomic E-state index is 0.225. The molecular formula is C11H18ClNOS. The van der Waals surface area contributed by atoms with Crippen LogP contribution in [0.1, 0.15) is 24.6 Å². The van der Waals surface area contributed by atoms with Gasteiger partial charge in [-0.2, -0.15) is 0 Å². The van der Waals surface area contributed by atoms with Crippen molar-refractivity contribution in [2.24, 2.45) is 0 Å². The van der Waals surface area contributed by atoms with Crippen molar-refractivity contribution in [3.63, 3.8) is 0 Å².